The van der Waals surface area contributed by atoms with Crippen molar-refractivity contribution in [3.8, 4) is 0 Å². The fraction of sp³-hybridized carbons (Fsp3) is 0.556. The zero-order valence-electron chi connectivity index (χ0n) is 15.0. The standard InChI is InChI=1S/C18H25BrN4O2.HI/c1-11-9-12(19)3-5-14(11)22-17(24)7-8-21-18(20-2)23-15-10-13-4-6-16(15)25-13;/h3,5,9,13,15-16H,4,6-8,10H2,1-2H3,(H,22,24)(H2,20,21,23);1H. The van der Waals surface area contributed by atoms with Crippen LogP contribution in [-0.4, -0.2) is 43.7 Å². The molecule has 2 heterocycles. The Balaban J connectivity index is 0.00000243. The molecule has 0 aliphatic carbocycles. The predicted octanol–water partition coefficient (Wildman–Crippen LogP) is 3.19. The number of aryl methyl sites for hydroxylation is 1. The summed E-state index contributed by atoms with van der Waals surface area (Å²) in [6, 6.07) is 6.13. The molecule has 0 spiro atoms. The number of ether oxygens (including phenoxy) is 1. The molecule has 3 N–H and O–H groups in total. The molecular weight excluding hydrogens is 511 g/mol. The van der Waals surface area contributed by atoms with Crippen molar-refractivity contribution in [2.24, 2.45) is 4.99 Å². The molecule has 1 aromatic rings. The number of benzene rings is 1. The van der Waals surface area contributed by atoms with E-state index in [1.54, 1.807) is 7.05 Å². The first-order chi connectivity index (χ1) is 12.0. The van der Waals surface area contributed by atoms with E-state index in [0.717, 1.165) is 34.5 Å². The van der Waals surface area contributed by atoms with Gasteiger partial charge < -0.3 is 20.7 Å². The van der Waals surface area contributed by atoms with Gasteiger partial charge in [-0.25, -0.2) is 0 Å². The number of anilines is 1. The first-order valence-corrected chi connectivity index (χ1v) is 9.53. The Kier molecular flexibility index (Phi) is 8.15. The van der Waals surface area contributed by atoms with E-state index in [-0.39, 0.29) is 29.9 Å². The van der Waals surface area contributed by atoms with E-state index in [2.05, 4.69) is 36.9 Å². The number of amides is 1. The predicted molar refractivity (Wildman–Crippen MR) is 118 cm³/mol. The minimum Gasteiger partial charge on any atom is -0.373 e. The number of rotatable bonds is 5. The maximum absolute atomic E-state index is 12.1. The Morgan fingerprint density at radius 3 is 2.81 bits per heavy atom. The minimum absolute atomic E-state index is 0. The van der Waals surface area contributed by atoms with Crippen molar-refractivity contribution in [1.82, 2.24) is 10.6 Å². The Bertz CT molecular complexity index is 671. The van der Waals surface area contributed by atoms with Gasteiger partial charge in [0.1, 0.15) is 0 Å². The lowest BCUT2D eigenvalue weighted by Gasteiger charge is -2.22. The lowest BCUT2D eigenvalue weighted by atomic mass is 9.96. The van der Waals surface area contributed by atoms with Gasteiger partial charge in [0.2, 0.25) is 5.91 Å². The third-order valence-corrected chi connectivity index (χ3v) is 5.25. The molecule has 0 radical (unpaired) electrons. The van der Waals surface area contributed by atoms with E-state index in [0.29, 0.717) is 31.2 Å². The van der Waals surface area contributed by atoms with Crippen molar-refractivity contribution >= 4 is 57.5 Å². The molecule has 0 saturated carbocycles. The smallest absolute Gasteiger partial charge is 0.226 e. The molecule has 0 aromatic heterocycles. The van der Waals surface area contributed by atoms with Gasteiger partial charge in [-0.3, -0.25) is 9.79 Å². The van der Waals surface area contributed by atoms with Crippen molar-refractivity contribution in [1.29, 1.82) is 0 Å². The topological polar surface area (TPSA) is 74.8 Å². The van der Waals surface area contributed by atoms with Crippen LogP contribution in [0, 0.1) is 6.92 Å². The number of hydrogen-bond donors (Lipinski definition) is 3. The molecule has 8 heteroatoms. The summed E-state index contributed by atoms with van der Waals surface area (Å²) in [6.07, 6.45) is 4.41. The molecule has 144 valence electrons. The third kappa shape index (κ3) is 5.56. The molecule has 26 heavy (non-hydrogen) atoms. The second-order valence-corrected chi connectivity index (χ2v) is 7.53. The SMILES string of the molecule is CN=C(NCCC(=O)Nc1ccc(Br)cc1C)NC1CC2CCC1O2.I. The molecule has 1 aromatic carbocycles. The van der Waals surface area contributed by atoms with Gasteiger partial charge >= 0.3 is 0 Å². The van der Waals surface area contributed by atoms with E-state index in [1.807, 2.05) is 25.1 Å². The average Bonchev–Trinajstić information content (AvgIpc) is 3.19. The normalized spacial score (nSPS) is 24.1. The Hall–Kier alpha value is -0.870. The molecule has 2 fully saturated rings. The third-order valence-electron chi connectivity index (χ3n) is 4.76. The number of carbonyl (C=O) groups excluding carboxylic acids is 1. The molecule has 2 bridgehead atoms. The van der Waals surface area contributed by atoms with Gasteiger partial charge in [-0.05, 0) is 49.9 Å². The van der Waals surface area contributed by atoms with Gasteiger partial charge in [-0.2, -0.15) is 0 Å². The van der Waals surface area contributed by atoms with Crippen molar-refractivity contribution < 1.29 is 9.53 Å². The fourth-order valence-electron chi connectivity index (χ4n) is 3.43. The number of hydrogen-bond acceptors (Lipinski definition) is 3. The fourth-order valence-corrected chi connectivity index (χ4v) is 3.91. The van der Waals surface area contributed by atoms with Crippen LogP contribution in [0.3, 0.4) is 0 Å². The molecule has 6 nitrogen and oxygen atoms in total. The molecule has 3 rings (SSSR count). The van der Waals surface area contributed by atoms with Gasteiger partial charge in [-0.15, -0.1) is 24.0 Å². The molecule has 2 saturated heterocycles. The number of guanidine groups is 1. The van der Waals surface area contributed by atoms with Crippen LogP contribution in [0.15, 0.2) is 27.7 Å². The van der Waals surface area contributed by atoms with Gasteiger partial charge in [0.05, 0.1) is 18.2 Å². The van der Waals surface area contributed by atoms with Crippen molar-refractivity contribution in [3.63, 3.8) is 0 Å². The second kappa shape index (κ2) is 9.89. The first kappa shape index (κ1) is 21.4. The summed E-state index contributed by atoms with van der Waals surface area (Å²) in [5.74, 6) is 0.713. The minimum atomic E-state index is -0.0170. The number of fused-ring (bicyclic) bond motifs is 2. The summed E-state index contributed by atoms with van der Waals surface area (Å²) in [5, 5.41) is 9.57. The Morgan fingerprint density at radius 1 is 1.38 bits per heavy atom. The Labute approximate surface area is 180 Å². The summed E-state index contributed by atoms with van der Waals surface area (Å²) >= 11 is 3.42. The van der Waals surface area contributed by atoms with E-state index >= 15 is 0 Å². The maximum atomic E-state index is 12.1. The number of halogens is 2. The number of carbonyl (C=O) groups is 1. The van der Waals surface area contributed by atoms with Crippen LogP contribution in [0.5, 0.6) is 0 Å². The van der Waals surface area contributed by atoms with Crippen molar-refractivity contribution in [3.05, 3.63) is 28.2 Å². The molecule has 2 aliphatic heterocycles. The lowest BCUT2D eigenvalue weighted by Crippen LogP contribution is -2.47. The van der Waals surface area contributed by atoms with Gasteiger partial charge in [0.25, 0.3) is 0 Å². The summed E-state index contributed by atoms with van der Waals surface area (Å²) in [5.41, 5.74) is 1.87. The highest BCUT2D eigenvalue weighted by Crippen LogP contribution is 2.34. The maximum Gasteiger partial charge on any atom is 0.226 e. The van der Waals surface area contributed by atoms with E-state index in [1.165, 1.54) is 6.42 Å². The van der Waals surface area contributed by atoms with Crippen LogP contribution in [0.4, 0.5) is 5.69 Å². The monoisotopic (exact) mass is 536 g/mol. The highest BCUT2D eigenvalue weighted by Gasteiger charge is 2.41. The van der Waals surface area contributed by atoms with Gasteiger partial charge in [0.15, 0.2) is 5.96 Å². The molecule has 3 atom stereocenters. The summed E-state index contributed by atoms with van der Waals surface area (Å²) in [7, 11) is 1.74. The van der Waals surface area contributed by atoms with Crippen LogP contribution in [0.1, 0.15) is 31.2 Å². The van der Waals surface area contributed by atoms with Crippen LogP contribution < -0.4 is 16.0 Å². The summed E-state index contributed by atoms with van der Waals surface area (Å²) in [4.78, 5) is 16.4. The lowest BCUT2D eigenvalue weighted by molar-refractivity contribution is -0.116. The zero-order chi connectivity index (χ0) is 17.8. The summed E-state index contributed by atoms with van der Waals surface area (Å²) in [6.45, 7) is 2.50. The first-order valence-electron chi connectivity index (χ1n) is 8.74. The Morgan fingerprint density at radius 2 is 2.19 bits per heavy atom. The van der Waals surface area contributed by atoms with Crippen LogP contribution in [0.2, 0.25) is 0 Å². The summed E-state index contributed by atoms with van der Waals surface area (Å²) < 4.78 is 6.85. The largest absolute Gasteiger partial charge is 0.373 e. The van der Waals surface area contributed by atoms with Crippen LogP contribution in [-0.2, 0) is 9.53 Å². The molecule has 2 aliphatic rings. The average molecular weight is 537 g/mol. The number of nitrogens with one attached hydrogen (secondary N) is 3. The number of nitrogens with zero attached hydrogens (tertiary/aromatic N) is 1. The zero-order valence-corrected chi connectivity index (χ0v) is 19.0. The van der Waals surface area contributed by atoms with Gasteiger partial charge in [-0.1, -0.05) is 15.9 Å². The van der Waals surface area contributed by atoms with Crippen LogP contribution >= 0.6 is 39.9 Å². The highest BCUT2D eigenvalue weighted by molar-refractivity contribution is 14.0. The van der Waals surface area contributed by atoms with Crippen molar-refractivity contribution in [2.45, 2.75) is 50.9 Å². The van der Waals surface area contributed by atoms with E-state index in [4.69, 9.17) is 4.74 Å². The second-order valence-electron chi connectivity index (χ2n) is 6.62. The quantitative estimate of drug-likeness (QED) is 0.307. The molecular formula is C18H26BrIN4O2. The van der Waals surface area contributed by atoms with Crippen LogP contribution in [0.25, 0.3) is 0 Å². The van der Waals surface area contributed by atoms with E-state index in [9.17, 15) is 4.79 Å². The van der Waals surface area contributed by atoms with E-state index < -0.39 is 0 Å². The highest BCUT2D eigenvalue weighted by atomic mass is 127. The number of aliphatic imine (C=N–C) groups is 1. The molecule has 1 amide bonds. The van der Waals surface area contributed by atoms with Gasteiger partial charge in [0, 0.05) is 30.2 Å². The van der Waals surface area contributed by atoms with Crippen molar-refractivity contribution in [2.75, 3.05) is 18.9 Å². The molecule has 3 unspecified atom stereocenters.